The fourth-order valence-corrected chi connectivity index (χ4v) is 2.94. The number of rotatable bonds is 4. The van der Waals surface area contributed by atoms with Crippen molar-refractivity contribution in [2.75, 3.05) is 25.6 Å². The second kappa shape index (κ2) is 5.06. The van der Waals surface area contributed by atoms with Crippen molar-refractivity contribution in [3.05, 3.63) is 24.8 Å². The summed E-state index contributed by atoms with van der Waals surface area (Å²) in [4.78, 5) is 12.3. The number of aliphatic hydroxyl groups is 3. The zero-order valence-corrected chi connectivity index (χ0v) is 11.3. The maximum Gasteiger partial charge on any atom is 0.165 e. The lowest BCUT2D eigenvalue weighted by atomic mass is 9.78. The molecule has 112 valence electrons. The van der Waals surface area contributed by atoms with E-state index in [1.54, 1.807) is 17.0 Å². The molecule has 1 aliphatic rings. The first kappa shape index (κ1) is 13.9. The van der Waals surface area contributed by atoms with Gasteiger partial charge in [-0.2, -0.15) is 0 Å². The quantitative estimate of drug-likeness (QED) is 0.537. The molecule has 0 saturated carbocycles. The van der Waals surface area contributed by atoms with Gasteiger partial charge in [-0.1, -0.05) is 12.2 Å². The molecule has 2 aromatic rings. The third-order valence-corrected chi connectivity index (χ3v) is 4.27. The van der Waals surface area contributed by atoms with Crippen LogP contribution in [0.4, 0.5) is 5.82 Å². The Morgan fingerprint density at radius 2 is 1.95 bits per heavy atom. The van der Waals surface area contributed by atoms with Crippen molar-refractivity contribution in [1.29, 1.82) is 0 Å². The van der Waals surface area contributed by atoms with Gasteiger partial charge in [-0.3, -0.25) is 0 Å². The molecule has 0 aliphatic heterocycles. The van der Waals surface area contributed by atoms with Crippen LogP contribution in [-0.2, 0) is 0 Å². The average Bonchev–Trinajstić information content (AvgIpc) is 3.08. The van der Waals surface area contributed by atoms with E-state index in [4.69, 9.17) is 5.73 Å². The number of anilines is 1. The summed E-state index contributed by atoms with van der Waals surface area (Å²) in [7, 11) is 0. The van der Waals surface area contributed by atoms with Crippen LogP contribution in [0.25, 0.3) is 11.2 Å². The number of nitrogen functional groups attached to an aromatic ring is 1. The summed E-state index contributed by atoms with van der Waals surface area (Å²) in [6.45, 7) is -0.671. The number of nitrogens with two attached hydrogens (primary N) is 1. The number of hydrogen-bond acceptors (Lipinski definition) is 7. The van der Waals surface area contributed by atoms with Crippen LogP contribution >= 0.6 is 0 Å². The summed E-state index contributed by atoms with van der Waals surface area (Å²) in [6.07, 6.45) is 6.52. The summed E-state index contributed by atoms with van der Waals surface area (Å²) in [6, 6.07) is -0.270. The summed E-state index contributed by atoms with van der Waals surface area (Å²) >= 11 is 0. The van der Waals surface area contributed by atoms with E-state index in [0.29, 0.717) is 11.2 Å². The highest BCUT2D eigenvalue weighted by atomic mass is 16.3. The van der Waals surface area contributed by atoms with Crippen molar-refractivity contribution in [2.45, 2.75) is 6.04 Å². The molecule has 3 rings (SSSR count). The second-order valence-corrected chi connectivity index (χ2v) is 5.27. The Kier molecular flexibility index (Phi) is 3.36. The highest BCUT2D eigenvalue weighted by molar-refractivity contribution is 5.81. The van der Waals surface area contributed by atoms with Gasteiger partial charge in [0, 0.05) is 17.9 Å². The number of nitrogens with zero attached hydrogens (tertiary/aromatic N) is 4. The monoisotopic (exact) mass is 291 g/mol. The van der Waals surface area contributed by atoms with Crippen molar-refractivity contribution in [3.63, 3.8) is 0 Å². The topological polar surface area (TPSA) is 130 Å². The molecule has 2 heterocycles. The molecular formula is C13H17N5O3. The Hall–Kier alpha value is -2.03. The van der Waals surface area contributed by atoms with E-state index in [0.717, 1.165) is 0 Å². The third kappa shape index (κ3) is 1.91. The Bertz CT molecular complexity index is 679. The maximum absolute atomic E-state index is 9.71. The Morgan fingerprint density at radius 3 is 2.62 bits per heavy atom. The van der Waals surface area contributed by atoms with Gasteiger partial charge in [-0.15, -0.1) is 0 Å². The molecule has 0 amide bonds. The first-order chi connectivity index (χ1) is 10.2. The van der Waals surface area contributed by atoms with Crippen LogP contribution in [-0.4, -0.2) is 54.7 Å². The first-order valence-corrected chi connectivity index (χ1v) is 6.62. The van der Waals surface area contributed by atoms with Crippen molar-refractivity contribution in [2.24, 2.45) is 11.3 Å². The molecule has 2 aromatic heterocycles. The fourth-order valence-electron chi connectivity index (χ4n) is 2.94. The summed E-state index contributed by atoms with van der Waals surface area (Å²) in [5, 5.41) is 28.9. The molecule has 0 radical (unpaired) electrons. The number of imidazole rings is 1. The van der Waals surface area contributed by atoms with Crippen molar-refractivity contribution < 1.29 is 15.3 Å². The van der Waals surface area contributed by atoms with Crippen LogP contribution in [0.2, 0.25) is 0 Å². The first-order valence-electron chi connectivity index (χ1n) is 6.62. The predicted molar refractivity (Wildman–Crippen MR) is 75.1 cm³/mol. The summed E-state index contributed by atoms with van der Waals surface area (Å²) in [5.41, 5.74) is 5.97. The van der Waals surface area contributed by atoms with Gasteiger partial charge < -0.3 is 25.6 Å². The lowest BCUT2D eigenvalue weighted by Crippen LogP contribution is -2.38. The molecule has 0 spiro atoms. The van der Waals surface area contributed by atoms with Crippen LogP contribution in [0.5, 0.6) is 0 Å². The molecule has 0 unspecified atom stereocenters. The lowest BCUT2D eigenvalue weighted by Gasteiger charge is -2.33. The van der Waals surface area contributed by atoms with Crippen LogP contribution in [0, 0.1) is 11.3 Å². The fraction of sp³-hybridized carbons (Fsp3) is 0.462. The Balaban J connectivity index is 2.08. The van der Waals surface area contributed by atoms with E-state index >= 15 is 0 Å². The molecule has 0 bridgehead atoms. The van der Waals surface area contributed by atoms with Gasteiger partial charge in [0.2, 0.25) is 0 Å². The van der Waals surface area contributed by atoms with Crippen molar-refractivity contribution in [1.82, 2.24) is 19.5 Å². The predicted octanol–water partition coefficient (Wildman–Crippen LogP) is -0.901. The minimum Gasteiger partial charge on any atom is -0.396 e. The van der Waals surface area contributed by atoms with E-state index in [-0.39, 0.29) is 37.6 Å². The maximum atomic E-state index is 9.71. The Labute approximate surface area is 120 Å². The number of aliphatic hydroxyl groups excluding tert-OH is 3. The minimum atomic E-state index is -0.853. The number of allylic oxidation sites excluding steroid dienone is 1. The van der Waals surface area contributed by atoms with E-state index in [2.05, 4.69) is 15.0 Å². The van der Waals surface area contributed by atoms with E-state index < -0.39 is 5.41 Å². The molecule has 1 aliphatic carbocycles. The molecule has 0 aromatic carbocycles. The normalized spacial score (nSPS) is 24.0. The minimum absolute atomic E-state index is 0.182. The summed E-state index contributed by atoms with van der Waals surface area (Å²) in [5.74, 6) is -0.0852. The molecule has 0 fully saturated rings. The highest BCUT2D eigenvalue weighted by Gasteiger charge is 2.44. The van der Waals surface area contributed by atoms with Gasteiger partial charge in [-0.25, -0.2) is 15.0 Å². The van der Waals surface area contributed by atoms with Gasteiger partial charge in [0.15, 0.2) is 11.5 Å². The molecule has 2 atom stereocenters. The molecule has 0 saturated heterocycles. The van der Waals surface area contributed by atoms with Gasteiger partial charge in [0.05, 0.1) is 25.6 Å². The number of hydrogen-bond donors (Lipinski definition) is 4. The number of aromatic nitrogens is 4. The van der Waals surface area contributed by atoms with E-state index in [1.165, 1.54) is 6.33 Å². The molecule has 8 nitrogen and oxygen atoms in total. The van der Waals surface area contributed by atoms with Crippen LogP contribution in [0.1, 0.15) is 6.04 Å². The molecule has 8 heteroatoms. The zero-order valence-electron chi connectivity index (χ0n) is 11.3. The number of fused-ring (bicyclic) bond motifs is 1. The van der Waals surface area contributed by atoms with Gasteiger partial charge in [-0.05, 0) is 0 Å². The van der Waals surface area contributed by atoms with E-state index in [1.807, 2.05) is 6.08 Å². The third-order valence-electron chi connectivity index (χ3n) is 4.27. The van der Waals surface area contributed by atoms with E-state index in [9.17, 15) is 15.3 Å². The smallest absolute Gasteiger partial charge is 0.165 e. The van der Waals surface area contributed by atoms with Crippen molar-refractivity contribution >= 4 is 17.0 Å². The molecule has 21 heavy (non-hydrogen) atoms. The average molecular weight is 291 g/mol. The van der Waals surface area contributed by atoms with Gasteiger partial charge in [0.25, 0.3) is 0 Å². The van der Waals surface area contributed by atoms with Crippen LogP contribution < -0.4 is 5.73 Å². The van der Waals surface area contributed by atoms with Crippen LogP contribution in [0.15, 0.2) is 24.8 Å². The van der Waals surface area contributed by atoms with Gasteiger partial charge in [0.1, 0.15) is 11.8 Å². The summed E-state index contributed by atoms with van der Waals surface area (Å²) < 4.78 is 1.78. The molecular weight excluding hydrogens is 274 g/mol. The molecule has 5 N–H and O–H groups in total. The van der Waals surface area contributed by atoms with Crippen molar-refractivity contribution in [3.8, 4) is 0 Å². The lowest BCUT2D eigenvalue weighted by molar-refractivity contribution is 0.0138. The van der Waals surface area contributed by atoms with Crippen LogP contribution in [0.3, 0.4) is 0 Å². The zero-order chi connectivity index (χ0) is 15.0. The Morgan fingerprint density at radius 1 is 1.19 bits per heavy atom. The standard InChI is InChI=1S/C13H17N5O3/c14-11-10-12(16-6-15-11)18(7-17-10)9-1-2-13(4-20,5-21)8(9)3-19/h1-2,6-9,19-21H,3-5H2,(H2,14,15,16)/t8-,9+/m0/s1. The SMILES string of the molecule is Nc1ncnc2c1ncn2[C@@H]1C=CC(CO)(CO)[C@H]1CO. The largest absolute Gasteiger partial charge is 0.396 e. The second-order valence-electron chi connectivity index (χ2n) is 5.27. The highest BCUT2D eigenvalue weighted by Crippen LogP contribution is 2.44. The van der Waals surface area contributed by atoms with Gasteiger partial charge >= 0.3 is 0 Å².